The lowest BCUT2D eigenvalue weighted by molar-refractivity contribution is -0.294. The largest absolute Gasteiger partial charge is 0.479 e. The van der Waals surface area contributed by atoms with Crippen molar-refractivity contribution < 1.29 is 90.9 Å². The van der Waals surface area contributed by atoms with Gasteiger partial charge in [-0.15, -0.1) is 0 Å². The number of carbonyl (C=O) groups excluding carboxylic acids is 6. The molecule has 3 aromatic heterocycles. The van der Waals surface area contributed by atoms with E-state index >= 15 is 4.39 Å². The highest BCUT2D eigenvalue weighted by Crippen LogP contribution is 2.46. The minimum Gasteiger partial charge on any atom is -0.479 e. The Balaban J connectivity index is 0.943. The van der Waals surface area contributed by atoms with Crippen LogP contribution in [0.25, 0.3) is 22.3 Å². The van der Waals surface area contributed by atoms with Crippen LogP contribution in [-0.2, 0) is 82.7 Å². The van der Waals surface area contributed by atoms with Crippen molar-refractivity contribution in [3.05, 3.63) is 79.6 Å². The van der Waals surface area contributed by atoms with Crippen molar-refractivity contribution in [3.63, 3.8) is 0 Å². The number of esters is 1. The van der Waals surface area contributed by atoms with Gasteiger partial charge in [0.25, 0.3) is 11.5 Å². The van der Waals surface area contributed by atoms with Crippen molar-refractivity contribution in [2.24, 2.45) is 11.3 Å². The summed E-state index contributed by atoms with van der Waals surface area (Å²) in [5, 5.41) is 65.3. The van der Waals surface area contributed by atoms with E-state index in [1.807, 2.05) is 0 Å². The van der Waals surface area contributed by atoms with Crippen LogP contribution in [0.3, 0.4) is 0 Å². The summed E-state index contributed by atoms with van der Waals surface area (Å²) in [7, 11) is -3.74. The van der Waals surface area contributed by atoms with Crippen molar-refractivity contribution in [3.8, 4) is 11.4 Å². The van der Waals surface area contributed by atoms with E-state index in [4.69, 9.17) is 23.9 Å². The number of aliphatic carboxylic acids is 1. The number of ether oxygens (including phenoxy) is 4. The summed E-state index contributed by atoms with van der Waals surface area (Å²) in [6, 6.07) is -0.961. The Morgan fingerprint density at radius 1 is 0.976 bits per heavy atom. The van der Waals surface area contributed by atoms with Crippen molar-refractivity contribution in [2.45, 2.75) is 140 Å². The third-order valence-electron chi connectivity index (χ3n) is 15.1. The molecule has 83 heavy (non-hydrogen) atoms. The highest BCUT2D eigenvalue weighted by Gasteiger charge is 2.49. The molecule has 5 amide bonds. The number of hydrogen-bond acceptors (Lipinski definition) is 21. The predicted octanol–water partition coefficient (Wildman–Crippen LogP) is -1.70. The second-order valence-electron chi connectivity index (χ2n) is 21.7. The fraction of sp³-hybridized carbons (Fsp3) is 0.528. The minimum absolute atomic E-state index is 0.00279. The number of halogens is 1. The van der Waals surface area contributed by atoms with Crippen LogP contribution in [0, 0.1) is 24.1 Å². The molecule has 1 saturated heterocycles. The van der Waals surface area contributed by atoms with Gasteiger partial charge in [-0.2, -0.15) is 0 Å². The fourth-order valence-corrected chi connectivity index (χ4v) is 10.8. The molecule has 1 aliphatic carbocycles. The molecule has 8 rings (SSSR count). The average Bonchev–Trinajstić information content (AvgIpc) is 3.67. The van der Waals surface area contributed by atoms with Gasteiger partial charge in [-0.3, -0.25) is 28.8 Å². The highest BCUT2D eigenvalue weighted by atomic mass is 32.2. The summed E-state index contributed by atoms with van der Waals surface area (Å²) in [5.41, 5.74) is -0.751. The third-order valence-corrected chi connectivity index (χ3v) is 16.0. The molecular formula is C53H64FN9O19S. The monoisotopic (exact) mass is 1180 g/mol. The maximum absolute atomic E-state index is 15.6. The van der Waals surface area contributed by atoms with Gasteiger partial charge in [0.15, 0.2) is 18.0 Å². The number of cyclic esters (lactones) is 1. The molecule has 9 atom stereocenters. The number of rotatable bonds is 21. The first kappa shape index (κ1) is 61.6. The minimum atomic E-state index is -3.74. The molecule has 448 valence electrons. The molecule has 4 aliphatic rings. The van der Waals surface area contributed by atoms with Gasteiger partial charge in [0.1, 0.15) is 49.6 Å². The van der Waals surface area contributed by atoms with Crippen LogP contribution < -0.4 is 32.1 Å². The quantitative estimate of drug-likeness (QED) is 0.0169. The van der Waals surface area contributed by atoms with Crippen molar-refractivity contribution in [1.82, 2.24) is 46.1 Å². The Morgan fingerprint density at radius 2 is 1.67 bits per heavy atom. The number of aryl methyl sites for hydroxylation is 1. The fourth-order valence-electron chi connectivity index (χ4n) is 10.3. The lowest BCUT2D eigenvalue weighted by Gasteiger charge is -2.38. The number of carboxylic acids is 1. The summed E-state index contributed by atoms with van der Waals surface area (Å²) in [4.78, 5) is 119. The number of nitrogens with one attached hydrogen (secondary N) is 5. The molecule has 0 spiro atoms. The van der Waals surface area contributed by atoms with Gasteiger partial charge >= 0.3 is 11.9 Å². The number of aliphatic hydroxyl groups is 4. The maximum Gasteiger partial charge on any atom is 0.343 e. The van der Waals surface area contributed by atoms with E-state index in [9.17, 15) is 72.3 Å². The van der Waals surface area contributed by atoms with E-state index in [0.29, 0.717) is 46.2 Å². The summed E-state index contributed by atoms with van der Waals surface area (Å²) in [6.45, 7) is 7.07. The summed E-state index contributed by atoms with van der Waals surface area (Å²) >= 11 is 0. The van der Waals surface area contributed by atoms with Gasteiger partial charge < -0.3 is 75.6 Å². The maximum atomic E-state index is 15.6. The molecule has 0 unspecified atom stereocenters. The number of sulfone groups is 1. The summed E-state index contributed by atoms with van der Waals surface area (Å²) < 4.78 is 62.1. The molecule has 0 radical (unpaired) electrons. The van der Waals surface area contributed by atoms with Gasteiger partial charge in [0.05, 0.1) is 59.2 Å². The molecule has 6 heterocycles. The first-order chi connectivity index (χ1) is 39.0. The molecule has 28 nitrogen and oxygen atoms in total. The first-order valence-corrected chi connectivity index (χ1v) is 28.3. The Hall–Kier alpha value is -7.45. The molecule has 30 heteroatoms. The molecule has 1 aromatic carbocycles. The zero-order valence-corrected chi connectivity index (χ0v) is 46.9. The van der Waals surface area contributed by atoms with Crippen LogP contribution >= 0.6 is 0 Å². The van der Waals surface area contributed by atoms with Crippen molar-refractivity contribution in [1.29, 1.82) is 0 Å². The van der Waals surface area contributed by atoms with Crippen molar-refractivity contribution in [2.75, 3.05) is 32.7 Å². The van der Waals surface area contributed by atoms with E-state index in [-0.39, 0.29) is 67.0 Å². The zero-order chi connectivity index (χ0) is 60.8. The van der Waals surface area contributed by atoms with E-state index < -0.39 is 147 Å². The topological polar surface area (TPSA) is 413 Å². The Morgan fingerprint density at radius 3 is 2.33 bits per heavy atom. The standard InChI is InChI=1S/C53H64FN9O19S/c1-8-53(76)28-13-33-38-26(17-63(33)46(71)27(28)18-81-50(53)75)36-30(10-9-25-23(4)29(54)14-31(59-38)35(25)36)61-49(74)52(5,6)20-79-21-58-44(69)32(19-80-48-41(67)39(65)40(66)42(82-48)47(72)73)60-45(70)37(22(2)3)62-34(64)11-12-55-43(68)24-15-56-51(57-16-24)83(7,77)78/h13-16,22,30,32,37,39-42,48,65-67,76H,8-12,17-21H2,1-7H3,(H,55,68)(H,58,69)(H,60,70)(H,61,74)(H,62,64)(H,72,73)/t30-,32-,37-,39-,40-,41+,42-,48+,53-/m0/s1. The molecule has 1 fully saturated rings. The van der Waals surface area contributed by atoms with Crippen LogP contribution in [0.5, 0.6) is 0 Å². The third kappa shape index (κ3) is 12.3. The van der Waals surface area contributed by atoms with Crippen LogP contribution in [0.1, 0.15) is 104 Å². The number of carbonyl (C=O) groups is 7. The number of benzene rings is 1. The number of aromatic nitrogens is 4. The van der Waals surface area contributed by atoms with E-state index in [2.05, 4.69) is 36.6 Å². The Kier molecular flexibility index (Phi) is 17.8. The number of aliphatic hydroxyl groups excluding tert-OH is 3. The van der Waals surface area contributed by atoms with E-state index in [1.165, 1.54) is 16.7 Å². The van der Waals surface area contributed by atoms with Gasteiger partial charge in [-0.05, 0) is 68.7 Å². The number of fused-ring (bicyclic) bond motifs is 5. The number of amides is 5. The van der Waals surface area contributed by atoms with Crippen LogP contribution in [0.4, 0.5) is 4.39 Å². The van der Waals surface area contributed by atoms with Gasteiger partial charge in [-0.25, -0.2) is 37.3 Å². The van der Waals surface area contributed by atoms with Gasteiger partial charge in [0.2, 0.25) is 38.6 Å². The number of pyridine rings is 2. The molecule has 4 aromatic rings. The predicted molar refractivity (Wildman–Crippen MR) is 282 cm³/mol. The highest BCUT2D eigenvalue weighted by molar-refractivity contribution is 7.90. The van der Waals surface area contributed by atoms with Gasteiger partial charge in [0, 0.05) is 54.2 Å². The molecule has 0 saturated carbocycles. The number of carboxylic acid groups (broad SMARTS) is 1. The average molecular weight is 1180 g/mol. The summed E-state index contributed by atoms with van der Waals surface area (Å²) in [5.74, 6) is -7.70. The van der Waals surface area contributed by atoms with Crippen LogP contribution in [-0.4, -0.2) is 170 Å². The Labute approximate surface area is 472 Å². The van der Waals surface area contributed by atoms with E-state index in [0.717, 1.165) is 18.6 Å². The van der Waals surface area contributed by atoms with Crippen LogP contribution in [0.2, 0.25) is 0 Å². The lowest BCUT2D eigenvalue weighted by Crippen LogP contribution is -2.61. The molecule has 3 aliphatic heterocycles. The molecule has 10 N–H and O–H groups in total. The number of hydrogen-bond donors (Lipinski definition) is 10. The summed E-state index contributed by atoms with van der Waals surface area (Å²) in [6.07, 6.45) is -7.18. The second-order valence-corrected chi connectivity index (χ2v) is 23.7. The van der Waals surface area contributed by atoms with Crippen molar-refractivity contribution >= 4 is 62.2 Å². The smallest absolute Gasteiger partial charge is 0.343 e. The first-order valence-electron chi connectivity index (χ1n) is 26.4. The van der Waals surface area contributed by atoms with E-state index in [1.54, 1.807) is 41.5 Å². The SMILES string of the molecule is CC[C@@]1(O)C(=O)OCc2c1cc1n(c2=O)Cc2c-1nc1cc(F)c(C)c3c1c2[C@@H](NC(=O)C(C)(C)COCNC(=O)[C@H](CO[C@@H]1O[C@H](C(=O)O)[C@@H](O)[C@H](O)[C@H]1O)NC(=O)[C@@H](NC(=O)CCNC(=O)c1cnc(S(C)(=O)=O)nc1)C(C)C)CC3. The zero-order valence-electron chi connectivity index (χ0n) is 46.1. The molecular weight excluding hydrogens is 1120 g/mol. The van der Waals surface area contributed by atoms with Gasteiger partial charge in [-0.1, -0.05) is 20.8 Å². The lowest BCUT2D eigenvalue weighted by atomic mass is 9.81. The normalized spacial score (nSPS) is 22.5. The number of nitrogens with zero attached hydrogens (tertiary/aromatic N) is 4. The molecule has 0 bridgehead atoms. The second kappa shape index (κ2) is 24.0. The van der Waals surface area contributed by atoms with Crippen LogP contribution in [0.15, 0.2) is 34.5 Å². The Bertz CT molecular complexity index is 3470.